The summed E-state index contributed by atoms with van der Waals surface area (Å²) in [7, 11) is 0. The van der Waals surface area contributed by atoms with E-state index in [9.17, 15) is 4.79 Å². The molecule has 0 aliphatic heterocycles. The van der Waals surface area contributed by atoms with Gasteiger partial charge in [-0.3, -0.25) is 4.79 Å². The molecule has 1 amide bonds. The van der Waals surface area contributed by atoms with E-state index < -0.39 is 0 Å². The van der Waals surface area contributed by atoms with Crippen molar-refractivity contribution in [2.75, 3.05) is 6.54 Å². The van der Waals surface area contributed by atoms with Crippen molar-refractivity contribution in [1.82, 2.24) is 20.3 Å². The van der Waals surface area contributed by atoms with Crippen molar-refractivity contribution in [3.05, 3.63) is 72.3 Å². The third kappa shape index (κ3) is 3.21. The van der Waals surface area contributed by atoms with Crippen LogP contribution in [0.5, 0.6) is 0 Å². The Bertz CT molecular complexity index is 1030. The van der Waals surface area contributed by atoms with Crippen LogP contribution in [0.3, 0.4) is 0 Å². The fraction of sp³-hybridized carbons (Fsp3) is 0.150. The number of nitrogens with zero attached hydrogens (tertiary/aromatic N) is 3. The topological polar surface area (TPSA) is 59.8 Å². The zero-order valence-corrected chi connectivity index (χ0v) is 13.7. The summed E-state index contributed by atoms with van der Waals surface area (Å²) in [6.45, 7) is 0.773. The van der Waals surface area contributed by atoms with Gasteiger partial charge in [0.05, 0.1) is 5.52 Å². The summed E-state index contributed by atoms with van der Waals surface area (Å²) in [4.78, 5) is 12.2. The van der Waals surface area contributed by atoms with E-state index in [0.717, 1.165) is 17.5 Å². The van der Waals surface area contributed by atoms with Crippen LogP contribution in [-0.4, -0.2) is 27.4 Å². The minimum absolute atomic E-state index is 0.0594. The van der Waals surface area contributed by atoms with Crippen molar-refractivity contribution in [2.24, 2.45) is 0 Å². The van der Waals surface area contributed by atoms with Gasteiger partial charge in [0.15, 0.2) is 0 Å². The summed E-state index contributed by atoms with van der Waals surface area (Å²) >= 11 is 0. The zero-order valence-electron chi connectivity index (χ0n) is 13.7. The van der Waals surface area contributed by atoms with Gasteiger partial charge in [-0.2, -0.15) is 0 Å². The number of aromatic nitrogens is 3. The second-order valence-electron chi connectivity index (χ2n) is 5.97. The number of carbonyl (C=O) groups is 1. The molecule has 0 bridgehead atoms. The van der Waals surface area contributed by atoms with E-state index in [0.29, 0.717) is 6.54 Å². The molecule has 0 fully saturated rings. The fourth-order valence-electron chi connectivity index (χ4n) is 3.07. The summed E-state index contributed by atoms with van der Waals surface area (Å²) in [6.07, 6.45) is 0.797. The molecule has 1 heterocycles. The van der Waals surface area contributed by atoms with Gasteiger partial charge in [-0.05, 0) is 34.9 Å². The van der Waals surface area contributed by atoms with Gasteiger partial charge in [0.1, 0.15) is 12.1 Å². The molecular formula is C20H18N4O. The van der Waals surface area contributed by atoms with Crippen LogP contribution in [0.4, 0.5) is 0 Å². The van der Waals surface area contributed by atoms with Crippen LogP contribution in [0, 0.1) is 0 Å². The molecule has 4 aromatic rings. The summed E-state index contributed by atoms with van der Waals surface area (Å²) in [5, 5.41) is 13.5. The fourth-order valence-corrected chi connectivity index (χ4v) is 3.07. The zero-order chi connectivity index (χ0) is 17.1. The summed E-state index contributed by atoms with van der Waals surface area (Å²) in [5.74, 6) is -0.0594. The lowest BCUT2D eigenvalue weighted by Crippen LogP contribution is -2.29. The Balaban J connectivity index is 1.39. The first-order chi connectivity index (χ1) is 12.3. The summed E-state index contributed by atoms with van der Waals surface area (Å²) in [6, 6.07) is 22.2. The number of carbonyl (C=O) groups excluding carboxylic acids is 1. The third-order valence-corrected chi connectivity index (χ3v) is 4.31. The summed E-state index contributed by atoms with van der Waals surface area (Å²) in [5.41, 5.74) is 2.90. The maximum atomic E-state index is 12.2. The quantitative estimate of drug-likeness (QED) is 0.612. The highest BCUT2D eigenvalue weighted by Crippen LogP contribution is 2.18. The number of fused-ring (bicyclic) bond motifs is 2. The number of rotatable bonds is 5. The minimum atomic E-state index is -0.0594. The number of para-hydroxylation sites is 1. The van der Waals surface area contributed by atoms with Gasteiger partial charge in [0.25, 0.3) is 0 Å². The van der Waals surface area contributed by atoms with Crippen LogP contribution in [0.25, 0.3) is 21.8 Å². The largest absolute Gasteiger partial charge is 0.354 e. The monoisotopic (exact) mass is 330 g/mol. The lowest BCUT2D eigenvalue weighted by Gasteiger charge is -2.08. The average molecular weight is 330 g/mol. The highest BCUT2D eigenvalue weighted by Gasteiger charge is 2.08. The van der Waals surface area contributed by atoms with E-state index in [2.05, 4.69) is 46.0 Å². The lowest BCUT2D eigenvalue weighted by molar-refractivity contribution is -0.121. The number of amides is 1. The number of benzene rings is 3. The van der Waals surface area contributed by atoms with Gasteiger partial charge in [0.2, 0.25) is 5.91 Å². The molecule has 1 aromatic heterocycles. The van der Waals surface area contributed by atoms with Gasteiger partial charge in [-0.25, -0.2) is 4.68 Å². The molecule has 0 aliphatic rings. The molecule has 4 rings (SSSR count). The van der Waals surface area contributed by atoms with Gasteiger partial charge in [-0.1, -0.05) is 59.8 Å². The predicted molar refractivity (Wildman–Crippen MR) is 98.2 cm³/mol. The molecule has 0 spiro atoms. The second-order valence-corrected chi connectivity index (χ2v) is 5.97. The normalized spacial score (nSPS) is 11.0. The molecule has 0 radical (unpaired) electrons. The van der Waals surface area contributed by atoms with Crippen LogP contribution in [0.15, 0.2) is 66.7 Å². The van der Waals surface area contributed by atoms with E-state index in [1.54, 1.807) is 4.68 Å². The van der Waals surface area contributed by atoms with Crippen LogP contribution in [0.1, 0.15) is 5.56 Å². The third-order valence-electron chi connectivity index (χ3n) is 4.31. The summed E-state index contributed by atoms with van der Waals surface area (Å²) < 4.78 is 1.63. The van der Waals surface area contributed by atoms with Crippen molar-refractivity contribution in [1.29, 1.82) is 0 Å². The van der Waals surface area contributed by atoms with Crippen LogP contribution in [-0.2, 0) is 17.8 Å². The molecule has 0 saturated carbocycles. The first kappa shape index (κ1) is 15.3. The van der Waals surface area contributed by atoms with Gasteiger partial charge < -0.3 is 5.32 Å². The maximum Gasteiger partial charge on any atom is 0.241 e. The maximum absolute atomic E-state index is 12.2. The van der Waals surface area contributed by atoms with Crippen LogP contribution in [0.2, 0.25) is 0 Å². The molecule has 0 saturated heterocycles. The average Bonchev–Trinajstić information content (AvgIpc) is 3.05. The standard InChI is InChI=1S/C20H18N4O/c25-20(14-24-19-11-4-3-10-18(19)22-23-24)21-13-12-16-8-5-7-15-6-1-2-9-17(15)16/h1-11H,12-14H2,(H,21,25). The molecule has 5 heteroatoms. The van der Waals surface area contributed by atoms with Gasteiger partial charge in [-0.15, -0.1) is 5.10 Å². The molecule has 124 valence electrons. The molecule has 0 unspecified atom stereocenters. The van der Waals surface area contributed by atoms with Gasteiger partial charge in [0, 0.05) is 6.54 Å². The first-order valence-electron chi connectivity index (χ1n) is 8.33. The van der Waals surface area contributed by atoms with Gasteiger partial charge >= 0.3 is 0 Å². The molecule has 3 aromatic carbocycles. The smallest absolute Gasteiger partial charge is 0.241 e. The highest BCUT2D eigenvalue weighted by molar-refractivity contribution is 5.85. The predicted octanol–water partition coefficient (Wildman–Crippen LogP) is 2.94. The van der Waals surface area contributed by atoms with E-state index in [-0.39, 0.29) is 12.5 Å². The van der Waals surface area contributed by atoms with E-state index in [1.807, 2.05) is 36.4 Å². The van der Waals surface area contributed by atoms with Crippen LogP contribution < -0.4 is 5.32 Å². The number of nitrogens with one attached hydrogen (secondary N) is 1. The molecule has 1 N–H and O–H groups in total. The van der Waals surface area contributed by atoms with Crippen molar-refractivity contribution in [3.63, 3.8) is 0 Å². The Morgan fingerprint density at radius 1 is 0.960 bits per heavy atom. The Labute approximate surface area is 145 Å². The molecule has 25 heavy (non-hydrogen) atoms. The van der Waals surface area contributed by atoms with Crippen molar-refractivity contribution < 1.29 is 4.79 Å². The molecular weight excluding hydrogens is 312 g/mol. The Morgan fingerprint density at radius 3 is 2.72 bits per heavy atom. The minimum Gasteiger partial charge on any atom is -0.354 e. The highest BCUT2D eigenvalue weighted by atomic mass is 16.2. The van der Waals surface area contributed by atoms with Crippen molar-refractivity contribution in [3.8, 4) is 0 Å². The Morgan fingerprint density at radius 2 is 1.76 bits per heavy atom. The molecule has 0 aliphatic carbocycles. The Hall–Kier alpha value is -3.21. The number of hydrogen-bond acceptors (Lipinski definition) is 3. The van der Waals surface area contributed by atoms with Crippen molar-refractivity contribution in [2.45, 2.75) is 13.0 Å². The molecule has 0 atom stereocenters. The van der Waals surface area contributed by atoms with Crippen LogP contribution >= 0.6 is 0 Å². The van der Waals surface area contributed by atoms with E-state index >= 15 is 0 Å². The van der Waals surface area contributed by atoms with E-state index in [4.69, 9.17) is 0 Å². The lowest BCUT2D eigenvalue weighted by atomic mass is 10.0. The number of hydrogen-bond donors (Lipinski definition) is 1. The van der Waals surface area contributed by atoms with Crippen molar-refractivity contribution >= 4 is 27.7 Å². The Kier molecular flexibility index (Phi) is 4.12. The molecule has 5 nitrogen and oxygen atoms in total. The van der Waals surface area contributed by atoms with E-state index in [1.165, 1.54) is 16.3 Å². The SMILES string of the molecule is O=C(Cn1nnc2ccccc21)NCCc1cccc2ccccc12. The second kappa shape index (κ2) is 6.73. The first-order valence-corrected chi connectivity index (χ1v) is 8.33.